The van der Waals surface area contributed by atoms with Gasteiger partial charge in [-0.15, -0.1) is 4.40 Å². The number of nitrogens with zero attached hydrogens (tertiary/aromatic N) is 3. The van der Waals surface area contributed by atoms with Crippen LogP contribution in [0.25, 0.3) is 10.9 Å². The van der Waals surface area contributed by atoms with Gasteiger partial charge in [-0.2, -0.15) is 8.42 Å². The van der Waals surface area contributed by atoms with Crippen LogP contribution in [0.1, 0.15) is 40.7 Å². The van der Waals surface area contributed by atoms with Crippen molar-refractivity contribution in [3.05, 3.63) is 65.4 Å². The molecule has 1 amide bonds. The van der Waals surface area contributed by atoms with Gasteiger partial charge in [0.1, 0.15) is 17.9 Å². The van der Waals surface area contributed by atoms with E-state index in [0.717, 1.165) is 30.2 Å². The third-order valence-electron chi connectivity index (χ3n) is 6.10. The van der Waals surface area contributed by atoms with Crippen LogP contribution in [0.3, 0.4) is 0 Å². The molecule has 0 bridgehead atoms. The molecule has 3 heterocycles. The van der Waals surface area contributed by atoms with Gasteiger partial charge in [-0.3, -0.25) is 9.52 Å². The molecule has 0 aliphatic carbocycles. The van der Waals surface area contributed by atoms with Crippen LogP contribution in [-0.2, 0) is 10.2 Å². The summed E-state index contributed by atoms with van der Waals surface area (Å²) in [5.74, 6) is 0.212. The normalized spacial score (nSPS) is 18.9. The van der Waals surface area contributed by atoms with Crippen molar-refractivity contribution in [2.75, 3.05) is 17.9 Å². The average molecular weight is 478 g/mol. The first kappa shape index (κ1) is 22.0. The van der Waals surface area contributed by atoms with Crippen molar-refractivity contribution in [2.45, 2.75) is 32.2 Å². The molecule has 5 rings (SSSR count). The Labute approximate surface area is 197 Å². The van der Waals surface area contributed by atoms with Crippen LogP contribution in [0.2, 0.25) is 0 Å². The number of aryl methyl sites for hydroxylation is 1. The Morgan fingerprint density at radius 3 is 3.03 bits per heavy atom. The van der Waals surface area contributed by atoms with Gasteiger partial charge in [0.05, 0.1) is 22.9 Å². The summed E-state index contributed by atoms with van der Waals surface area (Å²) in [6.07, 6.45) is 4.37. The lowest BCUT2D eigenvalue weighted by atomic mass is 9.98. The second kappa shape index (κ2) is 8.50. The lowest BCUT2D eigenvalue weighted by Gasteiger charge is -2.36. The van der Waals surface area contributed by atoms with E-state index in [1.165, 1.54) is 0 Å². The van der Waals surface area contributed by atoms with E-state index >= 15 is 0 Å². The molecule has 0 radical (unpaired) electrons. The number of aromatic nitrogens is 1. The first-order chi connectivity index (χ1) is 16.3. The van der Waals surface area contributed by atoms with Crippen molar-refractivity contribution in [3.63, 3.8) is 0 Å². The molecule has 3 aromatic rings. The topological polar surface area (TPSA) is 127 Å². The van der Waals surface area contributed by atoms with Gasteiger partial charge in [-0.05, 0) is 62.1 Å². The summed E-state index contributed by atoms with van der Waals surface area (Å²) in [5.41, 5.74) is 8.66. The number of carbonyl (C=O) groups excluding carboxylic acids is 1. The number of ether oxygens (including phenoxy) is 1. The predicted octanol–water partition coefficient (Wildman–Crippen LogP) is 2.59. The van der Waals surface area contributed by atoms with Gasteiger partial charge in [-0.1, -0.05) is 12.1 Å². The number of likely N-dealkylation sites (tertiary alicyclic amines) is 1. The van der Waals surface area contributed by atoms with Gasteiger partial charge in [-0.25, -0.2) is 4.98 Å². The van der Waals surface area contributed by atoms with Crippen molar-refractivity contribution in [1.82, 2.24) is 9.88 Å². The van der Waals surface area contributed by atoms with E-state index in [1.54, 1.807) is 30.5 Å². The Bertz CT molecular complexity index is 1420. The number of amidine groups is 1. The molecule has 2 aliphatic rings. The van der Waals surface area contributed by atoms with Crippen LogP contribution in [0.5, 0.6) is 5.75 Å². The van der Waals surface area contributed by atoms with Crippen LogP contribution < -0.4 is 15.2 Å². The quantitative estimate of drug-likeness (QED) is 0.595. The Morgan fingerprint density at radius 1 is 1.32 bits per heavy atom. The molecule has 10 heteroatoms. The lowest BCUT2D eigenvalue weighted by molar-refractivity contribution is 0.0529. The fourth-order valence-electron chi connectivity index (χ4n) is 4.52. The number of hydrogen-bond acceptors (Lipinski definition) is 6. The van der Waals surface area contributed by atoms with Crippen molar-refractivity contribution in [1.29, 1.82) is 0 Å². The first-order valence-electron chi connectivity index (χ1n) is 11.0. The highest BCUT2D eigenvalue weighted by atomic mass is 32.2. The number of rotatable bonds is 4. The van der Waals surface area contributed by atoms with Gasteiger partial charge in [0.2, 0.25) is 0 Å². The number of carbonyl (C=O) groups is 1. The Balaban J connectivity index is 1.42. The minimum Gasteiger partial charge on any atom is -0.491 e. The van der Waals surface area contributed by atoms with Crippen LogP contribution in [0.4, 0.5) is 5.69 Å². The standard InChI is InChI=1S/C24H23N5O4S/c1-15-13-26-18-9-3-2-8-17(18)21(15)24(30)29-12-5-4-7-16(29)14-33-20-11-6-10-19-22(20)23(25)28-34(31,32)27-19/h2,6,8,10-11,13,16,27H,4-5,7,12,14H2,1H3,(H2,25,28)/t16-/m1/s1. The van der Waals surface area contributed by atoms with Gasteiger partial charge < -0.3 is 15.4 Å². The van der Waals surface area contributed by atoms with E-state index in [4.69, 9.17) is 10.5 Å². The SMILES string of the molecule is Cc1cnc2c#cccc2c1C(=O)N1CCCC[C@@H]1COc1cccc2c1C(N)=NS(=O)(=O)N2. The molecule has 1 saturated heterocycles. The minimum absolute atomic E-state index is 0.0678. The summed E-state index contributed by atoms with van der Waals surface area (Å²) < 4.78 is 35.7. The average Bonchev–Trinajstić information content (AvgIpc) is 2.81. The molecule has 2 aliphatic heterocycles. The van der Waals surface area contributed by atoms with E-state index in [1.807, 2.05) is 17.9 Å². The van der Waals surface area contributed by atoms with Crippen molar-refractivity contribution in [2.24, 2.45) is 10.1 Å². The van der Waals surface area contributed by atoms with Gasteiger partial charge >= 0.3 is 10.2 Å². The highest BCUT2D eigenvalue weighted by molar-refractivity contribution is 7.91. The largest absolute Gasteiger partial charge is 0.491 e. The van der Waals surface area contributed by atoms with Crippen molar-refractivity contribution >= 4 is 38.5 Å². The van der Waals surface area contributed by atoms with Crippen LogP contribution in [-0.4, -0.2) is 49.2 Å². The molecule has 1 atom stereocenters. The summed E-state index contributed by atoms with van der Waals surface area (Å²) in [5, 5.41) is 0.752. The second-order valence-corrected chi connectivity index (χ2v) is 9.71. The zero-order valence-electron chi connectivity index (χ0n) is 18.5. The maximum absolute atomic E-state index is 13.7. The maximum Gasteiger partial charge on any atom is 0.344 e. The summed E-state index contributed by atoms with van der Waals surface area (Å²) in [6.45, 7) is 2.74. The number of pyridine rings is 1. The van der Waals surface area contributed by atoms with Gasteiger partial charge in [0.25, 0.3) is 5.91 Å². The summed E-state index contributed by atoms with van der Waals surface area (Å²) >= 11 is 0. The lowest BCUT2D eigenvalue weighted by Crippen LogP contribution is -2.47. The minimum atomic E-state index is -3.88. The van der Waals surface area contributed by atoms with Gasteiger partial charge in [0, 0.05) is 18.1 Å². The van der Waals surface area contributed by atoms with E-state index in [9.17, 15) is 13.2 Å². The van der Waals surface area contributed by atoms with E-state index in [0.29, 0.717) is 34.6 Å². The number of nitrogens with two attached hydrogens (primary N) is 1. The van der Waals surface area contributed by atoms with Crippen LogP contribution in [0, 0.1) is 19.1 Å². The third kappa shape index (κ3) is 3.99. The molecule has 34 heavy (non-hydrogen) atoms. The molecular weight excluding hydrogens is 454 g/mol. The number of hydrogen-bond donors (Lipinski definition) is 2. The molecule has 174 valence electrons. The summed E-state index contributed by atoms with van der Waals surface area (Å²) in [4.78, 5) is 19.9. The molecule has 9 nitrogen and oxygen atoms in total. The molecule has 0 saturated carbocycles. The van der Waals surface area contributed by atoms with Crippen LogP contribution in [0.15, 0.2) is 40.9 Å². The molecule has 1 aromatic heterocycles. The molecule has 3 N–H and O–H groups in total. The van der Waals surface area contributed by atoms with E-state index in [-0.39, 0.29) is 24.4 Å². The monoisotopic (exact) mass is 477 g/mol. The van der Waals surface area contributed by atoms with Gasteiger partial charge in [0.15, 0.2) is 5.84 Å². The fraction of sp³-hybridized carbons (Fsp3) is 0.292. The van der Waals surface area contributed by atoms with E-state index < -0.39 is 10.2 Å². The molecule has 1 fully saturated rings. The molecule has 0 unspecified atom stereocenters. The Hall–Kier alpha value is -3.84. The van der Waals surface area contributed by atoms with Crippen molar-refractivity contribution < 1.29 is 17.9 Å². The fourth-order valence-corrected chi connectivity index (χ4v) is 5.36. The highest BCUT2D eigenvalue weighted by Crippen LogP contribution is 2.31. The zero-order chi connectivity index (χ0) is 23.9. The zero-order valence-corrected chi connectivity index (χ0v) is 19.4. The Morgan fingerprint density at radius 2 is 2.18 bits per heavy atom. The highest BCUT2D eigenvalue weighted by Gasteiger charge is 2.31. The number of nitrogens with one attached hydrogen (secondary N) is 1. The molecule has 2 aromatic carbocycles. The van der Waals surface area contributed by atoms with Crippen LogP contribution >= 0.6 is 0 Å². The molecular formula is C24H23N5O4S. The third-order valence-corrected chi connectivity index (χ3v) is 7.02. The number of fused-ring (bicyclic) bond motifs is 2. The smallest absolute Gasteiger partial charge is 0.344 e. The first-order valence-corrected chi connectivity index (χ1v) is 12.4. The van der Waals surface area contributed by atoms with E-state index in [2.05, 4.69) is 26.2 Å². The second-order valence-electron chi connectivity index (χ2n) is 8.37. The number of benzene rings is 1. The maximum atomic E-state index is 13.7. The summed E-state index contributed by atoms with van der Waals surface area (Å²) in [7, 11) is -3.88. The number of amides is 1. The number of anilines is 1. The molecule has 0 spiro atoms. The summed E-state index contributed by atoms with van der Waals surface area (Å²) in [6, 6.07) is 14.3. The predicted molar refractivity (Wildman–Crippen MR) is 128 cm³/mol. The number of piperidine rings is 1. The van der Waals surface area contributed by atoms with Crippen molar-refractivity contribution in [3.8, 4) is 5.75 Å². The Kier molecular flexibility index (Phi) is 5.49.